The Morgan fingerprint density at radius 3 is 2.58 bits per heavy atom. The van der Waals surface area contributed by atoms with Crippen molar-refractivity contribution < 1.29 is 33.0 Å². The molecule has 1 aromatic heterocycles. The lowest BCUT2D eigenvalue weighted by molar-refractivity contribution is -0.167. The number of carbonyl (C=O) groups is 3. The number of aromatic nitrogens is 2. The summed E-state index contributed by atoms with van der Waals surface area (Å²) in [6, 6.07) is 4.05. The molecule has 2 bridgehead atoms. The Kier molecular flexibility index (Phi) is 8.95. The van der Waals surface area contributed by atoms with Crippen molar-refractivity contribution in [2.24, 2.45) is 17.3 Å². The first-order chi connectivity index (χ1) is 20.4. The van der Waals surface area contributed by atoms with Crippen molar-refractivity contribution in [3.05, 3.63) is 23.9 Å². The fourth-order valence-corrected chi connectivity index (χ4v) is 6.96. The van der Waals surface area contributed by atoms with Crippen LogP contribution in [0.4, 0.5) is 4.39 Å². The smallest absolute Gasteiger partial charge is 0.307 e. The molecule has 0 radical (unpaired) electrons. The van der Waals surface area contributed by atoms with Gasteiger partial charge < -0.3 is 23.9 Å². The number of alkyl halides is 1. The highest BCUT2D eigenvalue weighted by Crippen LogP contribution is 2.43. The molecule has 2 aromatic rings. The molecule has 2 fully saturated rings. The van der Waals surface area contributed by atoms with Crippen LogP contribution in [0.1, 0.15) is 84.8 Å². The molecular weight excluding hydrogens is 553 g/mol. The van der Waals surface area contributed by atoms with E-state index in [9.17, 15) is 14.4 Å². The van der Waals surface area contributed by atoms with Gasteiger partial charge in [0.2, 0.25) is 11.8 Å². The van der Waals surface area contributed by atoms with Crippen LogP contribution in [0.2, 0.25) is 0 Å². The summed E-state index contributed by atoms with van der Waals surface area (Å²) < 4.78 is 33.5. The maximum atomic E-state index is 15.9. The third-order valence-electron chi connectivity index (χ3n) is 9.63. The summed E-state index contributed by atoms with van der Waals surface area (Å²) in [6.45, 7) is 7.47. The monoisotopic (exact) mass is 597 g/mol. The molecular formula is C33H44FN3O6. The Morgan fingerprint density at radius 2 is 1.86 bits per heavy atom. The zero-order valence-electron chi connectivity index (χ0n) is 25.9. The number of rotatable bonds is 2. The van der Waals surface area contributed by atoms with E-state index >= 15 is 4.39 Å². The van der Waals surface area contributed by atoms with Crippen molar-refractivity contribution in [1.29, 1.82) is 0 Å². The number of halogens is 1. The zero-order valence-corrected chi connectivity index (χ0v) is 25.9. The first kappa shape index (κ1) is 31.1. The van der Waals surface area contributed by atoms with Crippen LogP contribution in [0, 0.1) is 17.3 Å². The van der Waals surface area contributed by atoms with Crippen LogP contribution in [-0.4, -0.2) is 70.6 Å². The molecule has 0 N–H and O–H groups in total. The number of hydrogen-bond donors (Lipinski definition) is 0. The zero-order chi connectivity index (χ0) is 30.9. The number of aryl methyl sites for hydroxylation is 1. The SMILES string of the molecule is COc1ccc2nc3c(nc2c1)O[C@H]1CN(C(=O)[C@H](C(C)(C)C)CC(=O)O[C@]2(C)CCC[C@H]2CCCCC3)[C@H](C=O)[C@@H]1F. The van der Waals surface area contributed by atoms with E-state index in [1.807, 2.05) is 39.8 Å². The standard InChI is InChI=1S/C33H44FN3O6/c1-32(2,3)22-17-28(39)43-33(4)15-9-11-20(33)10-7-6-8-12-24-30(36-25-16-21(41-5)13-14-23(25)35-24)42-27-18-37(31(22)40)26(19-38)29(27)34/h13-14,16,19-20,22,26-27,29H,6-12,15,17-18H2,1-5H3/t20-,22-,26-,27+,29+,33-/m1/s1. The van der Waals surface area contributed by atoms with Gasteiger partial charge in [0.05, 0.1) is 37.0 Å². The predicted octanol–water partition coefficient (Wildman–Crippen LogP) is 5.40. The van der Waals surface area contributed by atoms with Gasteiger partial charge >= 0.3 is 5.97 Å². The normalized spacial score (nSPS) is 30.9. The molecule has 1 saturated carbocycles. The second-order valence-corrected chi connectivity index (χ2v) is 13.6. The third-order valence-corrected chi connectivity index (χ3v) is 9.63. The highest BCUT2D eigenvalue weighted by molar-refractivity contribution is 5.87. The average Bonchev–Trinajstić information content (AvgIpc) is 3.47. The van der Waals surface area contributed by atoms with Gasteiger partial charge in [-0.15, -0.1) is 0 Å². The highest BCUT2D eigenvalue weighted by Gasteiger charge is 2.50. The van der Waals surface area contributed by atoms with Gasteiger partial charge in [-0.25, -0.2) is 14.4 Å². The molecule has 43 heavy (non-hydrogen) atoms. The molecule has 10 heteroatoms. The number of esters is 1. The molecule has 6 atom stereocenters. The fourth-order valence-electron chi connectivity index (χ4n) is 6.96. The second-order valence-electron chi connectivity index (χ2n) is 13.6. The van der Waals surface area contributed by atoms with Crippen LogP contribution in [0.3, 0.4) is 0 Å². The lowest BCUT2D eigenvalue weighted by Gasteiger charge is -2.36. The van der Waals surface area contributed by atoms with Gasteiger partial charge in [-0.05, 0) is 68.9 Å². The molecule has 3 aliphatic rings. The molecule has 0 spiro atoms. The molecule has 1 saturated heterocycles. The molecule has 3 heterocycles. The number of aldehydes is 1. The Bertz CT molecular complexity index is 1360. The quantitative estimate of drug-likeness (QED) is 0.334. The van der Waals surface area contributed by atoms with Crippen LogP contribution in [0.5, 0.6) is 11.6 Å². The van der Waals surface area contributed by atoms with Crippen LogP contribution in [0.15, 0.2) is 18.2 Å². The Morgan fingerprint density at radius 1 is 1.09 bits per heavy atom. The Hall–Kier alpha value is -3.30. The van der Waals surface area contributed by atoms with Gasteiger partial charge in [-0.3, -0.25) is 9.59 Å². The minimum Gasteiger partial charge on any atom is -0.497 e. The van der Waals surface area contributed by atoms with Crippen molar-refractivity contribution in [1.82, 2.24) is 14.9 Å². The lowest BCUT2D eigenvalue weighted by atomic mass is 9.77. The number of methoxy groups -OCH3 is 1. The Labute approximate surface area is 252 Å². The van der Waals surface area contributed by atoms with Crippen molar-refractivity contribution >= 4 is 29.2 Å². The number of hydrogen-bond acceptors (Lipinski definition) is 8. The van der Waals surface area contributed by atoms with E-state index in [0.29, 0.717) is 35.2 Å². The van der Waals surface area contributed by atoms with Gasteiger partial charge in [-0.1, -0.05) is 33.6 Å². The van der Waals surface area contributed by atoms with Gasteiger partial charge in [0, 0.05) is 6.07 Å². The molecule has 5 rings (SSSR count). The van der Waals surface area contributed by atoms with Crippen LogP contribution in [0.25, 0.3) is 11.0 Å². The molecule has 234 valence electrons. The fraction of sp³-hybridized carbons (Fsp3) is 0.667. The highest BCUT2D eigenvalue weighted by atomic mass is 19.1. The molecule has 1 aliphatic carbocycles. The minimum atomic E-state index is -1.77. The van der Waals surface area contributed by atoms with E-state index in [1.54, 1.807) is 13.2 Å². The maximum Gasteiger partial charge on any atom is 0.307 e. The van der Waals surface area contributed by atoms with Crippen molar-refractivity contribution in [3.8, 4) is 11.6 Å². The number of ether oxygens (including phenoxy) is 3. The van der Waals surface area contributed by atoms with Gasteiger partial charge in [0.25, 0.3) is 0 Å². The summed E-state index contributed by atoms with van der Waals surface area (Å²) in [6.07, 6.45) is 4.46. The Balaban J connectivity index is 1.52. The number of amides is 1. The number of carbonyl (C=O) groups excluding carboxylic acids is 3. The van der Waals surface area contributed by atoms with Crippen LogP contribution >= 0.6 is 0 Å². The molecule has 1 amide bonds. The maximum absolute atomic E-state index is 15.9. The first-order valence-electron chi connectivity index (χ1n) is 15.6. The van der Waals surface area contributed by atoms with Crippen molar-refractivity contribution in [3.63, 3.8) is 0 Å². The summed E-state index contributed by atoms with van der Waals surface area (Å²) >= 11 is 0. The molecule has 9 nitrogen and oxygen atoms in total. The van der Waals surface area contributed by atoms with Gasteiger partial charge in [0.1, 0.15) is 29.4 Å². The van der Waals surface area contributed by atoms with E-state index in [1.165, 1.54) is 4.90 Å². The molecule has 1 aromatic carbocycles. The summed E-state index contributed by atoms with van der Waals surface area (Å²) in [5, 5.41) is 0. The summed E-state index contributed by atoms with van der Waals surface area (Å²) in [5.41, 5.74) is 0.619. The van der Waals surface area contributed by atoms with E-state index in [2.05, 4.69) is 0 Å². The van der Waals surface area contributed by atoms with E-state index in [4.69, 9.17) is 24.2 Å². The van der Waals surface area contributed by atoms with E-state index in [0.717, 1.165) is 44.9 Å². The third kappa shape index (κ3) is 6.48. The number of nitrogens with zero attached hydrogens (tertiary/aromatic N) is 3. The largest absolute Gasteiger partial charge is 0.497 e. The summed E-state index contributed by atoms with van der Waals surface area (Å²) in [7, 11) is 1.56. The number of benzene rings is 1. The summed E-state index contributed by atoms with van der Waals surface area (Å²) in [4.78, 5) is 50.3. The lowest BCUT2D eigenvalue weighted by Crippen LogP contribution is -2.47. The first-order valence-corrected chi connectivity index (χ1v) is 15.6. The van der Waals surface area contributed by atoms with E-state index in [-0.39, 0.29) is 24.8 Å². The molecule has 2 aliphatic heterocycles. The van der Waals surface area contributed by atoms with Gasteiger partial charge in [-0.2, -0.15) is 0 Å². The summed E-state index contributed by atoms with van der Waals surface area (Å²) in [5.74, 6) is -0.637. The average molecular weight is 598 g/mol. The topological polar surface area (TPSA) is 108 Å². The second kappa shape index (κ2) is 12.4. The minimum absolute atomic E-state index is 0.142. The molecule has 0 unspecified atom stereocenters. The van der Waals surface area contributed by atoms with Crippen LogP contribution in [-0.2, 0) is 25.5 Å². The van der Waals surface area contributed by atoms with E-state index < -0.39 is 47.1 Å². The van der Waals surface area contributed by atoms with Crippen molar-refractivity contribution in [2.45, 2.75) is 109 Å². The van der Waals surface area contributed by atoms with Crippen LogP contribution < -0.4 is 9.47 Å². The number of fused-ring (bicyclic) bond motifs is 5. The van der Waals surface area contributed by atoms with Crippen molar-refractivity contribution in [2.75, 3.05) is 13.7 Å². The van der Waals surface area contributed by atoms with Gasteiger partial charge in [0.15, 0.2) is 12.3 Å². The predicted molar refractivity (Wildman–Crippen MR) is 159 cm³/mol.